The van der Waals surface area contributed by atoms with Crippen LogP contribution in [-0.2, 0) is 6.54 Å². The summed E-state index contributed by atoms with van der Waals surface area (Å²) in [5.41, 5.74) is 1.89. The number of aromatic nitrogens is 2. The second kappa shape index (κ2) is 8.94. The van der Waals surface area contributed by atoms with Crippen LogP contribution in [0.15, 0.2) is 60.9 Å². The van der Waals surface area contributed by atoms with Gasteiger partial charge in [-0.3, -0.25) is 4.79 Å². The van der Waals surface area contributed by atoms with Crippen molar-refractivity contribution in [2.75, 3.05) is 10.6 Å². The molecule has 0 saturated carbocycles. The van der Waals surface area contributed by atoms with Crippen molar-refractivity contribution in [1.82, 2.24) is 9.97 Å². The van der Waals surface area contributed by atoms with Crippen molar-refractivity contribution in [3.8, 4) is 5.75 Å². The third kappa shape index (κ3) is 5.51. The van der Waals surface area contributed by atoms with Gasteiger partial charge in [0.1, 0.15) is 11.6 Å². The zero-order chi connectivity index (χ0) is 19.9. The molecular weight excluding hydrogens is 359 g/mol. The lowest BCUT2D eigenvalue weighted by molar-refractivity contribution is 0.102. The molecule has 1 aromatic heterocycles. The highest BCUT2D eigenvalue weighted by Gasteiger charge is 2.08. The maximum absolute atomic E-state index is 12.9. The van der Waals surface area contributed by atoms with Crippen LogP contribution in [0.3, 0.4) is 0 Å². The molecule has 0 saturated heterocycles. The van der Waals surface area contributed by atoms with Crippen LogP contribution in [0.4, 0.5) is 16.0 Å². The number of nitrogens with one attached hydrogen (secondary N) is 2. The van der Waals surface area contributed by atoms with Gasteiger partial charge in [0, 0.05) is 24.6 Å². The average Bonchev–Trinajstić information content (AvgIpc) is 2.69. The minimum absolute atomic E-state index is 0.0905. The van der Waals surface area contributed by atoms with E-state index in [0.717, 1.165) is 11.3 Å². The van der Waals surface area contributed by atoms with E-state index >= 15 is 0 Å². The summed E-state index contributed by atoms with van der Waals surface area (Å²) in [6, 6.07) is 13.3. The van der Waals surface area contributed by atoms with Crippen LogP contribution in [0.2, 0.25) is 0 Å². The fourth-order valence-electron chi connectivity index (χ4n) is 2.41. The number of halogens is 1. The number of rotatable bonds is 7. The molecule has 0 fully saturated rings. The van der Waals surface area contributed by atoms with Gasteiger partial charge in [0.05, 0.1) is 11.7 Å². The molecule has 2 N–H and O–H groups in total. The third-order valence-electron chi connectivity index (χ3n) is 3.76. The van der Waals surface area contributed by atoms with Crippen molar-refractivity contribution in [2.45, 2.75) is 26.5 Å². The molecule has 2 aromatic carbocycles. The zero-order valence-electron chi connectivity index (χ0n) is 15.6. The molecule has 3 aromatic rings. The first-order valence-corrected chi connectivity index (χ1v) is 8.88. The molecule has 0 aliphatic carbocycles. The van der Waals surface area contributed by atoms with Gasteiger partial charge in [-0.05, 0) is 55.8 Å². The van der Waals surface area contributed by atoms with Crippen molar-refractivity contribution in [3.05, 3.63) is 77.9 Å². The van der Waals surface area contributed by atoms with Crippen molar-refractivity contribution in [2.24, 2.45) is 0 Å². The standard InChI is InChI=1S/C21H21FN4O2/c1-14(2)28-19-9-7-18(8-10-19)26-20(27)16-12-24-21(25-13-16)23-11-15-3-5-17(22)6-4-15/h3-10,12-14H,11H2,1-2H3,(H,26,27)(H,23,24,25). The normalized spacial score (nSPS) is 10.6. The Morgan fingerprint density at radius 2 is 1.68 bits per heavy atom. The highest BCUT2D eigenvalue weighted by atomic mass is 19.1. The number of hydrogen-bond acceptors (Lipinski definition) is 5. The predicted octanol–water partition coefficient (Wildman–Crippen LogP) is 4.27. The number of nitrogens with zero attached hydrogens (tertiary/aromatic N) is 2. The largest absolute Gasteiger partial charge is 0.491 e. The second-order valence-electron chi connectivity index (χ2n) is 6.42. The van der Waals surface area contributed by atoms with E-state index in [1.165, 1.54) is 24.5 Å². The van der Waals surface area contributed by atoms with Gasteiger partial charge in [0.25, 0.3) is 5.91 Å². The van der Waals surface area contributed by atoms with E-state index < -0.39 is 0 Å². The number of amides is 1. The van der Waals surface area contributed by atoms with E-state index in [9.17, 15) is 9.18 Å². The smallest absolute Gasteiger partial charge is 0.258 e. The van der Waals surface area contributed by atoms with Crippen molar-refractivity contribution in [3.63, 3.8) is 0 Å². The van der Waals surface area contributed by atoms with Crippen LogP contribution in [0.25, 0.3) is 0 Å². The van der Waals surface area contributed by atoms with Crippen LogP contribution >= 0.6 is 0 Å². The van der Waals surface area contributed by atoms with E-state index in [0.29, 0.717) is 23.7 Å². The molecule has 28 heavy (non-hydrogen) atoms. The SMILES string of the molecule is CC(C)Oc1ccc(NC(=O)c2cnc(NCc3ccc(F)cc3)nc2)cc1. The Hall–Kier alpha value is -3.48. The Morgan fingerprint density at radius 3 is 2.29 bits per heavy atom. The van der Waals surface area contributed by atoms with E-state index in [1.807, 2.05) is 13.8 Å². The highest BCUT2D eigenvalue weighted by Crippen LogP contribution is 2.17. The monoisotopic (exact) mass is 380 g/mol. The highest BCUT2D eigenvalue weighted by molar-refractivity contribution is 6.03. The Morgan fingerprint density at radius 1 is 1.04 bits per heavy atom. The first-order chi connectivity index (χ1) is 13.5. The molecule has 0 aliphatic rings. The lowest BCUT2D eigenvalue weighted by Crippen LogP contribution is -2.13. The van der Waals surface area contributed by atoms with Gasteiger partial charge < -0.3 is 15.4 Å². The van der Waals surface area contributed by atoms with Crippen LogP contribution in [0.1, 0.15) is 29.8 Å². The molecule has 0 atom stereocenters. The molecule has 0 bridgehead atoms. The fourth-order valence-corrected chi connectivity index (χ4v) is 2.41. The van der Waals surface area contributed by atoms with E-state index in [4.69, 9.17) is 4.74 Å². The Kier molecular flexibility index (Phi) is 6.16. The first-order valence-electron chi connectivity index (χ1n) is 8.88. The maximum Gasteiger partial charge on any atom is 0.258 e. The van der Waals surface area contributed by atoms with Gasteiger partial charge in [-0.25, -0.2) is 14.4 Å². The third-order valence-corrected chi connectivity index (χ3v) is 3.76. The van der Waals surface area contributed by atoms with Crippen LogP contribution in [-0.4, -0.2) is 22.0 Å². The summed E-state index contributed by atoms with van der Waals surface area (Å²) in [7, 11) is 0. The Bertz CT molecular complexity index is 911. The number of hydrogen-bond donors (Lipinski definition) is 2. The van der Waals surface area contributed by atoms with Crippen LogP contribution < -0.4 is 15.4 Å². The van der Waals surface area contributed by atoms with Crippen molar-refractivity contribution >= 4 is 17.5 Å². The summed E-state index contributed by atoms with van der Waals surface area (Å²) < 4.78 is 18.5. The first kappa shape index (κ1) is 19.3. The van der Waals surface area contributed by atoms with Gasteiger partial charge in [0.2, 0.25) is 5.95 Å². The van der Waals surface area contributed by atoms with Crippen LogP contribution in [0.5, 0.6) is 5.75 Å². The Labute approximate surface area is 162 Å². The molecule has 7 heteroatoms. The molecule has 0 aliphatic heterocycles. The van der Waals surface area contributed by atoms with Crippen LogP contribution in [0, 0.1) is 5.82 Å². The molecule has 1 heterocycles. The Balaban J connectivity index is 1.55. The zero-order valence-corrected chi connectivity index (χ0v) is 15.6. The second-order valence-corrected chi connectivity index (χ2v) is 6.42. The maximum atomic E-state index is 12.9. The quantitative estimate of drug-likeness (QED) is 0.640. The van der Waals surface area contributed by atoms with Gasteiger partial charge in [-0.2, -0.15) is 0 Å². The van der Waals surface area contributed by atoms with Gasteiger partial charge in [-0.1, -0.05) is 12.1 Å². The minimum atomic E-state index is -0.303. The summed E-state index contributed by atoms with van der Waals surface area (Å²) >= 11 is 0. The van der Waals surface area contributed by atoms with Gasteiger partial charge in [-0.15, -0.1) is 0 Å². The number of carbonyl (C=O) groups is 1. The molecular formula is C21H21FN4O2. The van der Waals surface area contributed by atoms with Crippen molar-refractivity contribution < 1.29 is 13.9 Å². The van der Waals surface area contributed by atoms with E-state index in [1.54, 1.807) is 36.4 Å². The molecule has 0 unspecified atom stereocenters. The summed E-state index contributed by atoms with van der Waals surface area (Å²) in [5.74, 6) is 0.545. The number of benzene rings is 2. The summed E-state index contributed by atoms with van der Waals surface area (Å²) in [4.78, 5) is 20.6. The van der Waals surface area contributed by atoms with E-state index in [2.05, 4.69) is 20.6 Å². The average molecular weight is 380 g/mol. The van der Waals surface area contributed by atoms with Gasteiger partial charge >= 0.3 is 0 Å². The molecule has 144 valence electrons. The molecule has 6 nitrogen and oxygen atoms in total. The summed E-state index contributed by atoms with van der Waals surface area (Å²) in [6.07, 6.45) is 2.99. The molecule has 3 rings (SSSR count). The topological polar surface area (TPSA) is 76.1 Å². The fraction of sp³-hybridized carbons (Fsp3) is 0.190. The van der Waals surface area contributed by atoms with Crippen molar-refractivity contribution in [1.29, 1.82) is 0 Å². The lowest BCUT2D eigenvalue weighted by Gasteiger charge is -2.10. The number of anilines is 2. The summed E-state index contributed by atoms with van der Waals surface area (Å²) in [6.45, 7) is 4.36. The molecule has 0 radical (unpaired) electrons. The lowest BCUT2D eigenvalue weighted by atomic mass is 10.2. The molecule has 0 spiro atoms. The predicted molar refractivity (Wildman–Crippen MR) is 106 cm³/mol. The molecule has 1 amide bonds. The van der Waals surface area contributed by atoms with E-state index in [-0.39, 0.29) is 17.8 Å². The summed E-state index contributed by atoms with van der Waals surface area (Å²) in [5, 5.41) is 5.82. The number of carbonyl (C=O) groups excluding carboxylic acids is 1. The number of ether oxygens (including phenoxy) is 1. The minimum Gasteiger partial charge on any atom is -0.491 e. The van der Waals surface area contributed by atoms with Gasteiger partial charge in [0.15, 0.2) is 0 Å².